The van der Waals surface area contributed by atoms with E-state index < -0.39 is 11.7 Å². The first-order chi connectivity index (χ1) is 8.99. The van der Waals surface area contributed by atoms with Crippen molar-refractivity contribution in [3.8, 4) is 11.5 Å². The summed E-state index contributed by atoms with van der Waals surface area (Å²) in [5.41, 5.74) is 11.5. The topological polar surface area (TPSA) is 78.3 Å². The number of rotatable bonds is 3. The highest BCUT2D eigenvalue weighted by Gasteiger charge is 2.14. The maximum Gasteiger partial charge on any atom is 0.252 e. The SMILES string of the molecule is NC(=O)c1cccc(N)c1Oc1ccc(F)cc1Br. The molecule has 0 saturated heterocycles. The van der Waals surface area contributed by atoms with E-state index in [4.69, 9.17) is 16.2 Å². The summed E-state index contributed by atoms with van der Waals surface area (Å²) in [5, 5.41) is 0. The molecule has 0 heterocycles. The van der Waals surface area contributed by atoms with Gasteiger partial charge in [0.1, 0.15) is 11.6 Å². The Balaban J connectivity index is 2.46. The van der Waals surface area contributed by atoms with Crippen LogP contribution in [0.1, 0.15) is 10.4 Å². The molecule has 0 fully saturated rings. The second-order valence-corrected chi connectivity index (χ2v) is 4.62. The number of primary amides is 1. The Morgan fingerprint density at radius 3 is 2.63 bits per heavy atom. The summed E-state index contributed by atoms with van der Waals surface area (Å²) >= 11 is 3.17. The average molecular weight is 325 g/mol. The highest BCUT2D eigenvalue weighted by molar-refractivity contribution is 9.10. The largest absolute Gasteiger partial charge is 0.453 e. The van der Waals surface area contributed by atoms with Gasteiger partial charge >= 0.3 is 0 Å². The summed E-state index contributed by atoms with van der Waals surface area (Å²) in [6.07, 6.45) is 0. The Kier molecular flexibility index (Phi) is 3.71. The van der Waals surface area contributed by atoms with Crippen LogP contribution in [0.5, 0.6) is 11.5 Å². The molecule has 0 saturated carbocycles. The Morgan fingerprint density at radius 1 is 1.26 bits per heavy atom. The van der Waals surface area contributed by atoms with E-state index in [0.717, 1.165) is 0 Å². The number of hydrogen-bond donors (Lipinski definition) is 2. The highest BCUT2D eigenvalue weighted by atomic mass is 79.9. The molecule has 4 nitrogen and oxygen atoms in total. The van der Waals surface area contributed by atoms with Crippen LogP contribution in [0.3, 0.4) is 0 Å². The molecule has 0 aliphatic heterocycles. The standard InChI is InChI=1S/C13H10BrFN2O2/c14-9-6-7(15)4-5-11(9)19-12-8(13(17)18)2-1-3-10(12)16/h1-6H,16H2,(H2,17,18). The van der Waals surface area contributed by atoms with Gasteiger partial charge in [-0.3, -0.25) is 4.79 Å². The summed E-state index contributed by atoms with van der Waals surface area (Å²) in [7, 11) is 0. The molecular weight excluding hydrogens is 315 g/mol. The maximum atomic E-state index is 13.0. The molecular formula is C13H10BrFN2O2. The van der Waals surface area contributed by atoms with Crippen molar-refractivity contribution in [3.05, 3.63) is 52.3 Å². The van der Waals surface area contributed by atoms with Gasteiger partial charge in [-0.2, -0.15) is 0 Å². The fraction of sp³-hybridized carbons (Fsp3) is 0. The minimum absolute atomic E-state index is 0.155. The van der Waals surface area contributed by atoms with Gasteiger partial charge in [-0.25, -0.2) is 4.39 Å². The number of halogens is 2. The predicted octanol–water partition coefficient (Wildman–Crippen LogP) is 3.06. The minimum atomic E-state index is -0.652. The quantitative estimate of drug-likeness (QED) is 0.851. The first kappa shape index (κ1) is 13.4. The summed E-state index contributed by atoms with van der Waals surface area (Å²) in [5.74, 6) is -0.569. The van der Waals surface area contributed by atoms with Crippen molar-refractivity contribution in [1.82, 2.24) is 0 Å². The number of para-hydroxylation sites is 1. The lowest BCUT2D eigenvalue weighted by Gasteiger charge is -2.12. The number of carbonyl (C=O) groups excluding carboxylic acids is 1. The van der Waals surface area contributed by atoms with Crippen LogP contribution in [0.4, 0.5) is 10.1 Å². The number of anilines is 1. The smallest absolute Gasteiger partial charge is 0.252 e. The minimum Gasteiger partial charge on any atom is -0.453 e. The maximum absolute atomic E-state index is 13.0. The van der Waals surface area contributed by atoms with E-state index in [1.165, 1.54) is 24.3 Å². The van der Waals surface area contributed by atoms with E-state index >= 15 is 0 Å². The lowest BCUT2D eigenvalue weighted by molar-refractivity contribution is 0.0998. The molecule has 0 aliphatic carbocycles. The van der Waals surface area contributed by atoms with E-state index in [9.17, 15) is 9.18 Å². The van der Waals surface area contributed by atoms with Crippen molar-refractivity contribution >= 4 is 27.5 Å². The van der Waals surface area contributed by atoms with Crippen molar-refractivity contribution in [3.63, 3.8) is 0 Å². The van der Waals surface area contributed by atoms with E-state index in [0.29, 0.717) is 10.2 Å². The molecule has 1 amide bonds. The normalized spacial score (nSPS) is 10.2. The number of amides is 1. The van der Waals surface area contributed by atoms with Gasteiger partial charge in [0, 0.05) is 0 Å². The molecule has 19 heavy (non-hydrogen) atoms. The van der Waals surface area contributed by atoms with Crippen molar-refractivity contribution in [1.29, 1.82) is 0 Å². The molecule has 0 spiro atoms. The molecule has 4 N–H and O–H groups in total. The van der Waals surface area contributed by atoms with Gasteiger partial charge in [0.15, 0.2) is 5.75 Å². The third-order valence-electron chi connectivity index (χ3n) is 2.42. The number of carbonyl (C=O) groups is 1. The van der Waals surface area contributed by atoms with E-state index in [1.807, 2.05) is 0 Å². The molecule has 2 aromatic carbocycles. The van der Waals surface area contributed by atoms with E-state index in [1.54, 1.807) is 12.1 Å². The van der Waals surface area contributed by atoms with Gasteiger partial charge in [-0.05, 0) is 46.3 Å². The second kappa shape index (κ2) is 5.27. The number of nitrogens with two attached hydrogens (primary N) is 2. The number of hydrogen-bond acceptors (Lipinski definition) is 3. The highest BCUT2D eigenvalue weighted by Crippen LogP contribution is 2.35. The Morgan fingerprint density at radius 2 is 2.00 bits per heavy atom. The van der Waals surface area contributed by atoms with Crippen LogP contribution in [0, 0.1) is 5.82 Å². The molecule has 0 aliphatic rings. The zero-order valence-corrected chi connectivity index (χ0v) is 11.3. The third kappa shape index (κ3) is 2.85. The van der Waals surface area contributed by atoms with Gasteiger partial charge in [0.25, 0.3) is 5.91 Å². The van der Waals surface area contributed by atoms with Crippen LogP contribution in [0.2, 0.25) is 0 Å². The summed E-state index contributed by atoms with van der Waals surface area (Å²) < 4.78 is 18.9. The zero-order chi connectivity index (χ0) is 14.0. The van der Waals surface area contributed by atoms with Crippen LogP contribution >= 0.6 is 15.9 Å². The molecule has 0 radical (unpaired) electrons. The van der Waals surface area contributed by atoms with Crippen LogP contribution in [0.15, 0.2) is 40.9 Å². The van der Waals surface area contributed by atoms with Crippen LogP contribution in [-0.4, -0.2) is 5.91 Å². The lowest BCUT2D eigenvalue weighted by atomic mass is 10.1. The van der Waals surface area contributed by atoms with Gasteiger partial charge in [-0.1, -0.05) is 6.07 Å². The van der Waals surface area contributed by atoms with Gasteiger partial charge < -0.3 is 16.2 Å². The third-order valence-corrected chi connectivity index (χ3v) is 3.04. The van der Waals surface area contributed by atoms with E-state index in [2.05, 4.69) is 15.9 Å². The first-order valence-electron chi connectivity index (χ1n) is 5.30. The molecule has 0 unspecified atom stereocenters. The monoisotopic (exact) mass is 324 g/mol. The summed E-state index contributed by atoms with van der Waals surface area (Å²) in [4.78, 5) is 11.3. The van der Waals surface area contributed by atoms with Crippen molar-refractivity contribution in [2.24, 2.45) is 5.73 Å². The fourth-order valence-electron chi connectivity index (χ4n) is 1.53. The average Bonchev–Trinajstić information content (AvgIpc) is 2.34. The molecule has 2 rings (SSSR count). The Labute approximate surface area is 117 Å². The lowest BCUT2D eigenvalue weighted by Crippen LogP contribution is -2.13. The molecule has 98 valence electrons. The Hall–Kier alpha value is -2.08. The zero-order valence-electron chi connectivity index (χ0n) is 9.69. The number of ether oxygens (including phenoxy) is 1. The molecule has 0 aromatic heterocycles. The van der Waals surface area contributed by atoms with Crippen molar-refractivity contribution in [2.45, 2.75) is 0 Å². The van der Waals surface area contributed by atoms with Crippen molar-refractivity contribution in [2.75, 3.05) is 5.73 Å². The van der Waals surface area contributed by atoms with Crippen LogP contribution in [-0.2, 0) is 0 Å². The summed E-state index contributed by atoms with van der Waals surface area (Å²) in [6, 6.07) is 8.60. The second-order valence-electron chi connectivity index (χ2n) is 3.76. The van der Waals surface area contributed by atoms with E-state index in [-0.39, 0.29) is 17.0 Å². The molecule has 0 atom stereocenters. The number of nitrogen functional groups attached to an aromatic ring is 1. The van der Waals surface area contributed by atoms with Gasteiger partial charge in [0.2, 0.25) is 0 Å². The first-order valence-corrected chi connectivity index (χ1v) is 6.09. The van der Waals surface area contributed by atoms with Crippen LogP contribution in [0.25, 0.3) is 0 Å². The van der Waals surface area contributed by atoms with Gasteiger partial charge in [-0.15, -0.1) is 0 Å². The predicted molar refractivity (Wildman–Crippen MR) is 73.5 cm³/mol. The molecule has 2 aromatic rings. The number of benzene rings is 2. The van der Waals surface area contributed by atoms with Crippen LogP contribution < -0.4 is 16.2 Å². The van der Waals surface area contributed by atoms with Crippen molar-refractivity contribution < 1.29 is 13.9 Å². The molecule has 6 heteroatoms. The fourth-order valence-corrected chi connectivity index (χ4v) is 1.96. The summed E-state index contributed by atoms with van der Waals surface area (Å²) in [6.45, 7) is 0. The Bertz CT molecular complexity index is 647. The van der Waals surface area contributed by atoms with Gasteiger partial charge in [0.05, 0.1) is 15.7 Å². The molecule has 0 bridgehead atoms.